The lowest BCUT2D eigenvalue weighted by Gasteiger charge is -2.29. The summed E-state index contributed by atoms with van der Waals surface area (Å²) in [5, 5.41) is 6.71. The molecule has 0 radical (unpaired) electrons. The number of nitrogens with zero attached hydrogens (tertiary/aromatic N) is 1. The number of fused-ring (bicyclic) bond motifs is 2. The van der Waals surface area contributed by atoms with E-state index in [0.717, 1.165) is 18.4 Å². The molecule has 3 rings (SSSR count). The van der Waals surface area contributed by atoms with Gasteiger partial charge in [0, 0.05) is 24.3 Å². The first-order chi connectivity index (χ1) is 8.72. The van der Waals surface area contributed by atoms with E-state index in [9.17, 15) is 4.79 Å². The average molecular weight is 318 g/mol. The first-order valence-corrected chi connectivity index (χ1v) is 6.71. The van der Waals surface area contributed by atoms with Crippen LogP contribution in [0.2, 0.25) is 0 Å². The molecule has 2 bridgehead atoms. The van der Waals surface area contributed by atoms with Crippen molar-refractivity contribution >= 4 is 30.7 Å². The molecule has 0 aromatic carbocycles. The monoisotopic (exact) mass is 317 g/mol. The van der Waals surface area contributed by atoms with Crippen LogP contribution in [0.15, 0.2) is 18.3 Å². The summed E-state index contributed by atoms with van der Waals surface area (Å²) >= 11 is 0. The second-order valence-electron chi connectivity index (χ2n) is 5.45. The number of amides is 1. The summed E-state index contributed by atoms with van der Waals surface area (Å²) in [4.78, 5) is 16.3. The predicted molar refractivity (Wildman–Crippen MR) is 83.9 cm³/mol. The van der Waals surface area contributed by atoms with Gasteiger partial charge in [0.1, 0.15) is 5.69 Å². The van der Waals surface area contributed by atoms with Crippen LogP contribution in [0, 0.1) is 6.92 Å². The van der Waals surface area contributed by atoms with E-state index in [-0.39, 0.29) is 30.7 Å². The Kier molecular flexibility index (Phi) is 6.24. The molecule has 0 spiro atoms. The van der Waals surface area contributed by atoms with E-state index in [4.69, 9.17) is 0 Å². The summed E-state index contributed by atoms with van der Waals surface area (Å²) in [6.45, 7) is 1.92. The molecule has 1 aromatic heterocycles. The highest BCUT2D eigenvalue weighted by Crippen LogP contribution is 2.26. The summed E-state index contributed by atoms with van der Waals surface area (Å²) in [6.07, 6.45) is 6.27. The Labute approximate surface area is 131 Å². The Morgan fingerprint density at radius 1 is 1.30 bits per heavy atom. The van der Waals surface area contributed by atoms with Gasteiger partial charge in [0.15, 0.2) is 0 Å². The zero-order valence-corrected chi connectivity index (χ0v) is 13.1. The van der Waals surface area contributed by atoms with E-state index in [1.165, 1.54) is 12.8 Å². The molecule has 3 heterocycles. The molecule has 2 unspecified atom stereocenters. The molecule has 112 valence electrons. The Hall–Kier alpha value is -0.840. The van der Waals surface area contributed by atoms with Crippen LogP contribution in [0.1, 0.15) is 41.7 Å². The maximum absolute atomic E-state index is 12.2. The summed E-state index contributed by atoms with van der Waals surface area (Å²) < 4.78 is 0. The first-order valence-electron chi connectivity index (χ1n) is 6.71. The Morgan fingerprint density at radius 3 is 2.55 bits per heavy atom. The highest BCUT2D eigenvalue weighted by atomic mass is 35.5. The fourth-order valence-electron chi connectivity index (χ4n) is 3.15. The van der Waals surface area contributed by atoms with Gasteiger partial charge >= 0.3 is 0 Å². The van der Waals surface area contributed by atoms with Crippen molar-refractivity contribution in [3.63, 3.8) is 0 Å². The highest BCUT2D eigenvalue weighted by Gasteiger charge is 2.34. The number of halogens is 2. The van der Waals surface area contributed by atoms with Crippen LogP contribution in [-0.2, 0) is 0 Å². The molecule has 0 aliphatic carbocycles. The summed E-state index contributed by atoms with van der Waals surface area (Å²) in [5.41, 5.74) is 1.50. The van der Waals surface area contributed by atoms with E-state index < -0.39 is 0 Å². The number of aryl methyl sites for hydroxylation is 1. The number of rotatable bonds is 2. The second-order valence-corrected chi connectivity index (χ2v) is 5.45. The van der Waals surface area contributed by atoms with Crippen molar-refractivity contribution in [3.05, 3.63) is 29.6 Å². The third-order valence-corrected chi connectivity index (χ3v) is 4.03. The molecular weight excluding hydrogens is 297 g/mol. The maximum atomic E-state index is 12.2. The molecule has 2 N–H and O–H groups in total. The van der Waals surface area contributed by atoms with E-state index >= 15 is 0 Å². The number of nitrogens with one attached hydrogen (secondary N) is 2. The second kappa shape index (κ2) is 7.25. The lowest BCUT2D eigenvalue weighted by molar-refractivity contribution is 0.0918. The van der Waals surface area contributed by atoms with Gasteiger partial charge in [0.2, 0.25) is 0 Å². The first kappa shape index (κ1) is 17.2. The predicted octanol–water partition coefficient (Wildman–Crippen LogP) is 2.25. The molecule has 2 fully saturated rings. The Balaban J connectivity index is 0.000001000. The van der Waals surface area contributed by atoms with Crippen LogP contribution in [0.3, 0.4) is 0 Å². The molecule has 1 amide bonds. The molecule has 2 saturated heterocycles. The maximum Gasteiger partial charge on any atom is 0.270 e. The summed E-state index contributed by atoms with van der Waals surface area (Å²) in [5.74, 6) is -0.0283. The summed E-state index contributed by atoms with van der Waals surface area (Å²) in [7, 11) is 0. The zero-order valence-electron chi connectivity index (χ0n) is 11.5. The smallest absolute Gasteiger partial charge is 0.270 e. The number of carbonyl (C=O) groups is 1. The summed E-state index contributed by atoms with van der Waals surface area (Å²) in [6, 6.07) is 5.28. The quantitative estimate of drug-likeness (QED) is 0.879. The normalized spacial score (nSPS) is 27.1. The minimum absolute atomic E-state index is 0. The van der Waals surface area contributed by atoms with Crippen LogP contribution >= 0.6 is 24.8 Å². The van der Waals surface area contributed by atoms with E-state index in [1.54, 1.807) is 6.20 Å². The van der Waals surface area contributed by atoms with Gasteiger partial charge in [0.05, 0.1) is 0 Å². The Morgan fingerprint density at radius 2 is 1.95 bits per heavy atom. The molecular formula is C14H21Cl2N3O. The minimum Gasteiger partial charge on any atom is -0.348 e. The number of aromatic nitrogens is 1. The van der Waals surface area contributed by atoms with Gasteiger partial charge in [0.25, 0.3) is 5.91 Å². The number of pyridine rings is 1. The van der Waals surface area contributed by atoms with Gasteiger partial charge in [-0.05, 0) is 44.2 Å². The third kappa shape index (κ3) is 3.62. The van der Waals surface area contributed by atoms with Crippen LogP contribution in [0.4, 0.5) is 0 Å². The molecule has 2 aliphatic rings. The van der Waals surface area contributed by atoms with Gasteiger partial charge < -0.3 is 10.6 Å². The lowest BCUT2D eigenvalue weighted by Crippen LogP contribution is -2.48. The van der Waals surface area contributed by atoms with Crippen molar-refractivity contribution in [1.29, 1.82) is 0 Å². The van der Waals surface area contributed by atoms with Gasteiger partial charge in [-0.3, -0.25) is 9.78 Å². The van der Waals surface area contributed by atoms with Gasteiger partial charge in [-0.15, -0.1) is 24.8 Å². The fraction of sp³-hybridized carbons (Fsp3) is 0.571. The molecule has 0 saturated carbocycles. The molecule has 2 atom stereocenters. The Bertz CT molecular complexity index is 457. The van der Waals surface area contributed by atoms with E-state index in [2.05, 4.69) is 15.6 Å². The van der Waals surface area contributed by atoms with Gasteiger partial charge in [-0.25, -0.2) is 0 Å². The molecule has 6 heteroatoms. The zero-order chi connectivity index (χ0) is 12.5. The SMILES string of the molecule is Cc1cccnc1C(=O)NC1CC2CCC(C1)N2.Cl.Cl. The molecule has 1 aromatic rings. The van der Waals surface area contributed by atoms with Crippen molar-refractivity contribution < 1.29 is 4.79 Å². The van der Waals surface area contributed by atoms with E-state index in [1.807, 2.05) is 19.1 Å². The van der Waals surface area contributed by atoms with E-state index in [0.29, 0.717) is 23.8 Å². The van der Waals surface area contributed by atoms with Crippen LogP contribution < -0.4 is 10.6 Å². The number of hydrogen-bond donors (Lipinski definition) is 2. The van der Waals surface area contributed by atoms with Gasteiger partial charge in [-0.1, -0.05) is 6.07 Å². The van der Waals surface area contributed by atoms with Crippen molar-refractivity contribution in [2.75, 3.05) is 0 Å². The van der Waals surface area contributed by atoms with Crippen molar-refractivity contribution in [2.24, 2.45) is 0 Å². The van der Waals surface area contributed by atoms with Gasteiger partial charge in [-0.2, -0.15) is 0 Å². The lowest BCUT2D eigenvalue weighted by atomic mass is 9.99. The highest BCUT2D eigenvalue weighted by molar-refractivity contribution is 5.93. The van der Waals surface area contributed by atoms with Crippen molar-refractivity contribution in [1.82, 2.24) is 15.6 Å². The van der Waals surface area contributed by atoms with Crippen LogP contribution in [0.25, 0.3) is 0 Å². The largest absolute Gasteiger partial charge is 0.348 e. The van der Waals surface area contributed by atoms with Crippen LogP contribution in [-0.4, -0.2) is 29.0 Å². The molecule has 2 aliphatic heterocycles. The fourth-order valence-corrected chi connectivity index (χ4v) is 3.15. The number of carbonyl (C=O) groups excluding carboxylic acids is 1. The third-order valence-electron chi connectivity index (χ3n) is 4.03. The standard InChI is InChI=1S/C14H19N3O.2ClH/c1-9-3-2-6-15-13(9)14(18)17-12-7-10-4-5-11(8-12)16-10;;/h2-3,6,10-12,16H,4-5,7-8H2,1H3,(H,17,18);2*1H. The topological polar surface area (TPSA) is 54.0 Å². The van der Waals surface area contributed by atoms with Crippen molar-refractivity contribution in [2.45, 2.75) is 50.7 Å². The molecule has 20 heavy (non-hydrogen) atoms. The number of piperidine rings is 1. The minimum atomic E-state index is -0.0283. The van der Waals surface area contributed by atoms with Crippen LogP contribution in [0.5, 0.6) is 0 Å². The number of hydrogen-bond acceptors (Lipinski definition) is 3. The van der Waals surface area contributed by atoms with Crippen molar-refractivity contribution in [3.8, 4) is 0 Å². The molecule has 4 nitrogen and oxygen atoms in total. The average Bonchev–Trinajstić information content (AvgIpc) is 2.69.